The lowest BCUT2D eigenvalue weighted by Gasteiger charge is -2.26. The van der Waals surface area contributed by atoms with Crippen LogP contribution in [0.2, 0.25) is 0 Å². The first-order valence-electron chi connectivity index (χ1n) is 14.8. The quantitative estimate of drug-likeness (QED) is 0.0890. The lowest BCUT2D eigenvalue weighted by molar-refractivity contribution is -0.141. The van der Waals surface area contributed by atoms with E-state index in [-0.39, 0.29) is 13.2 Å². The standard InChI is InChI=1S/C39H36O8/c1-25(2)35(40)44-23-27-7-11-29(12-8-27)37(42)46-33-19-15-31(16-20-33)39(5,6)32-17-21-34(22-18-32)47-38(43)30-13-9-28(10-14-30)24-45-36(41)26(3)4/h7-22H,1,3,23-24H2,2,4-6H3. The summed E-state index contributed by atoms with van der Waals surface area (Å²) in [6, 6.07) is 27.8. The third-order valence-corrected chi connectivity index (χ3v) is 7.39. The van der Waals surface area contributed by atoms with Crippen LogP contribution in [0.25, 0.3) is 0 Å². The molecule has 0 aliphatic rings. The van der Waals surface area contributed by atoms with Crippen LogP contribution in [0.1, 0.15) is 70.7 Å². The molecule has 0 aromatic heterocycles. The summed E-state index contributed by atoms with van der Waals surface area (Å²) < 4.78 is 21.4. The van der Waals surface area contributed by atoms with Crippen LogP contribution in [-0.4, -0.2) is 23.9 Å². The van der Waals surface area contributed by atoms with Gasteiger partial charge in [-0.05, 0) is 84.6 Å². The molecule has 4 aromatic carbocycles. The smallest absolute Gasteiger partial charge is 0.343 e. The Balaban J connectivity index is 1.32. The van der Waals surface area contributed by atoms with E-state index in [2.05, 4.69) is 27.0 Å². The van der Waals surface area contributed by atoms with E-state index in [0.29, 0.717) is 33.8 Å². The maximum Gasteiger partial charge on any atom is 0.343 e. The van der Waals surface area contributed by atoms with Gasteiger partial charge in [0.1, 0.15) is 24.7 Å². The molecule has 0 fully saturated rings. The molecule has 0 saturated heterocycles. The number of ether oxygens (including phenoxy) is 4. The topological polar surface area (TPSA) is 105 Å². The van der Waals surface area contributed by atoms with Crippen LogP contribution in [0.4, 0.5) is 0 Å². The summed E-state index contributed by atoms with van der Waals surface area (Å²) >= 11 is 0. The minimum absolute atomic E-state index is 0.0829. The van der Waals surface area contributed by atoms with Crippen LogP contribution in [0.5, 0.6) is 11.5 Å². The third-order valence-electron chi connectivity index (χ3n) is 7.39. The number of carbonyl (C=O) groups is 4. The largest absolute Gasteiger partial charge is 0.457 e. The van der Waals surface area contributed by atoms with Gasteiger partial charge in [0, 0.05) is 16.6 Å². The van der Waals surface area contributed by atoms with Gasteiger partial charge in [-0.2, -0.15) is 0 Å². The summed E-state index contributed by atoms with van der Waals surface area (Å²) in [5.41, 5.74) is 4.42. The molecule has 0 bridgehead atoms. The molecule has 0 aliphatic heterocycles. The Kier molecular flexibility index (Phi) is 10.9. The predicted molar refractivity (Wildman–Crippen MR) is 177 cm³/mol. The summed E-state index contributed by atoms with van der Waals surface area (Å²) in [7, 11) is 0. The molecule has 0 N–H and O–H groups in total. The molecule has 0 saturated carbocycles. The van der Waals surface area contributed by atoms with Gasteiger partial charge >= 0.3 is 23.9 Å². The maximum absolute atomic E-state index is 12.7. The highest BCUT2D eigenvalue weighted by Crippen LogP contribution is 2.33. The van der Waals surface area contributed by atoms with Crippen molar-refractivity contribution in [1.82, 2.24) is 0 Å². The lowest BCUT2D eigenvalue weighted by atomic mass is 9.78. The van der Waals surface area contributed by atoms with Gasteiger partial charge in [-0.15, -0.1) is 0 Å². The third kappa shape index (κ3) is 9.14. The van der Waals surface area contributed by atoms with Crippen LogP contribution in [0.3, 0.4) is 0 Å². The fourth-order valence-corrected chi connectivity index (χ4v) is 4.40. The second-order valence-electron chi connectivity index (χ2n) is 11.6. The molecular formula is C39H36O8. The second kappa shape index (κ2) is 15.0. The molecule has 8 nitrogen and oxygen atoms in total. The van der Waals surface area contributed by atoms with Crippen molar-refractivity contribution in [2.45, 2.75) is 46.3 Å². The highest BCUT2D eigenvalue weighted by molar-refractivity contribution is 5.92. The van der Waals surface area contributed by atoms with Gasteiger partial charge in [0.15, 0.2) is 0 Å². The Labute approximate surface area is 274 Å². The highest BCUT2D eigenvalue weighted by Gasteiger charge is 2.24. The average Bonchev–Trinajstić information content (AvgIpc) is 3.06. The van der Waals surface area contributed by atoms with Crippen molar-refractivity contribution in [3.8, 4) is 11.5 Å². The van der Waals surface area contributed by atoms with Gasteiger partial charge in [0.2, 0.25) is 0 Å². The normalized spacial score (nSPS) is 10.8. The van der Waals surface area contributed by atoms with Crippen LogP contribution < -0.4 is 9.47 Å². The first kappa shape index (κ1) is 34.1. The summed E-state index contributed by atoms with van der Waals surface area (Å²) in [5, 5.41) is 0. The Morgan fingerprint density at radius 2 is 0.851 bits per heavy atom. The van der Waals surface area contributed by atoms with Gasteiger partial charge in [-0.25, -0.2) is 19.2 Å². The van der Waals surface area contributed by atoms with Gasteiger partial charge in [-0.1, -0.05) is 75.5 Å². The molecule has 0 unspecified atom stereocenters. The Hall–Kier alpha value is -5.76. The average molecular weight is 633 g/mol. The lowest BCUT2D eigenvalue weighted by Crippen LogP contribution is -2.19. The van der Waals surface area contributed by atoms with Gasteiger partial charge in [0.25, 0.3) is 0 Å². The Morgan fingerprint density at radius 1 is 0.532 bits per heavy atom. The fraction of sp³-hybridized carbons (Fsp3) is 0.179. The zero-order valence-corrected chi connectivity index (χ0v) is 26.8. The second-order valence-corrected chi connectivity index (χ2v) is 11.6. The van der Waals surface area contributed by atoms with E-state index in [1.165, 1.54) is 0 Å². The van der Waals surface area contributed by atoms with E-state index >= 15 is 0 Å². The molecule has 0 radical (unpaired) electrons. The first-order valence-corrected chi connectivity index (χ1v) is 14.8. The van der Waals surface area contributed by atoms with Crippen molar-refractivity contribution in [2.75, 3.05) is 0 Å². The van der Waals surface area contributed by atoms with Crippen LogP contribution in [-0.2, 0) is 37.7 Å². The number of esters is 4. The van der Waals surface area contributed by atoms with Crippen LogP contribution in [0, 0.1) is 0 Å². The van der Waals surface area contributed by atoms with E-state index in [4.69, 9.17) is 18.9 Å². The molecule has 47 heavy (non-hydrogen) atoms. The molecule has 0 spiro atoms. The summed E-state index contributed by atoms with van der Waals surface area (Å²) in [4.78, 5) is 48.5. The molecule has 8 heteroatoms. The molecular weight excluding hydrogens is 596 g/mol. The zero-order chi connectivity index (χ0) is 34.1. The Bertz CT molecular complexity index is 1650. The van der Waals surface area contributed by atoms with E-state index < -0.39 is 29.3 Å². The number of carbonyl (C=O) groups excluding carboxylic acids is 4. The number of benzene rings is 4. The molecule has 0 aliphatic carbocycles. The minimum atomic E-state index is -0.507. The van der Waals surface area contributed by atoms with Crippen molar-refractivity contribution < 1.29 is 38.1 Å². The molecule has 240 valence electrons. The number of hydrogen-bond donors (Lipinski definition) is 0. The number of rotatable bonds is 12. The zero-order valence-electron chi connectivity index (χ0n) is 26.8. The van der Waals surface area contributed by atoms with Crippen LogP contribution >= 0.6 is 0 Å². The van der Waals surface area contributed by atoms with Gasteiger partial charge < -0.3 is 18.9 Å². The van der Waals surface area contributed by atoms with Crippen LogP contribution in [0.15, 0.2) is 121 Å². The van der Waals surface area contributed by atoms with E-state index in [9.17, 15) is 19.2 Å². The fourth-order valence-electron chi connectivity index (χ4n) is 4.40. The number of hydrogen-bond acceptors (Lipinski definition) is 8. The van der Waals surface area contributed by atoms with Gasteiger partial charge in [0.05, 0.1) is 11.1 Å². The molecule has 0 atom stereocenters. The molecule has 4 aromatic rings. The van der Waals surface area contributed by atoms with E-state index in [1.54, 1.807) is 86.6 Å². The first-order chi connectivity index (χ1) is 22.3. The minimum Gasteiger partial charge on any atom is -0.457 e. The summed E-state index contributed by atoms with van der Waals surface area (Å²) in [5.74, 6) is -1.16. The molecule has 0 amide bonds. The van der Waals surface area contributed by atoms with E-state index in [0.717, 1.165) is 22.3 Å². The van der Waals surface area contributed by atoms with E-state index in [1.807, 2.05) is 24.3 Å². The van der Waals surface area contributed by atoms with Crippen molar-refractivity contribution in [1.29, 1.82) is 0 Å². The summed E-state index contributed by atoms with van der Waals surface area (Å²) in [6.07, 6.45) is 0. The van der Waals surface area contributed by atoms with Crippen molar-refractivity contribution in [3.63, 3.8) is 0 Å². The maximum atomic E-state index is 12.7. The van der Waals surface area contributed by atoms with Crippen molar-refractivity contribution >= 4 is 23.9 Å². The van der Waals surface area contributed by atoms with Crippen molar-refractivity contribution in [2.24, 2.45) is 0 Å². The van der Waals surface area contributed by atoms with Crippen molar-refractivity contribution in [3.05, 3.63) is 155 Å². The monoisotopic (exact) mass is 632 g/mol. The predicted octanol–water partition coefficient (Wildman–Crippen LogP) is 7.69. The molecule has 4 rings (SSSR count). The molecule has 0 heterocycles. The summed E-state index contributed by atoms with van der Waals surface area (Å²) in [6.45, 7) is 14.6. The van der Waals surface area contributed by atoms with Gasteiger partial charge in [-0.3, -0.25) is 0 Å². The Morgan fingerprint density at radius 3 is 1.15 bits per heavy atom. The highest BCUT2D eigenvalue weighted by atomic mass is 16.5. The SMILES string of the molecule is C=C(C)C(=O)OCc1ccc(C(=O)Oc2ccc(C(C)(C)c3ccc(OC(=O)c4ccc(COC(=O)C(=C)C)cc4)cc3)cc2)cc1.